The highest BCUT2D eigenvalue weighted by atomic mass is 79.9. The SMILES string of the molecule is COCc1cc(SCC(=O)O)n(Cc2cccc(Br)c2)n1. The van der Waals surface area contributed by atoms with Crippen LogP contribution in [0.2, 0.25) is 0 Å². The molecule has 5 nitrogen and oxygen atoms in total. The van der Waals surface area contributed by atoms with Crippen LogP contribution in [0.4, 0.5) is 0 Å². The second-order valence-electron chi connectivity index (χ2n) is 4.38. The fraction of sp³-hybridized carbons (Fsp3) is 0.286. The third-order valence-corrected chi connectivity index (χ3v) is 4.16. The normalized spacial score (nSPS) is 10.8. The molecule has 1 heterocycles. The van der Waals surface area contributed by atoms with Crippen molar-refractivity contribution in [2.24, 2.45) is 0 Å². The number of aliphatic carboxylic acids is 1. The van der Waals surface area contributed by atoms with Gasteiger partial charge in [-0.25, -0.2) is 0 Å². The second kappa shape index (κ2) is 7.63. The molecule has 0 saturated heterocycles. The van der Waals surface area contributed by atoms with Gasteiger partial charge in [-0.1, -0.05) is 39.8 Å². The standard InChI is InChI=1S/C14H15BrN2O3S/c1-20-8-12-6-13(21-9-14(18)19)17(16-12)7-10-3-2-4-11(15)5-10/h2-6H,7-9H2,1H3,(H,18,19). The lowest BCUT2D eigenvalue weighted by molar-refractivity contribution is -0.133. The Bertz CT molecular complexity index is 630. The molecule has 112 valence electrons. The zero-order chi connectivity index (χ0) is 15.2. The molecular formula is C14H15BrN2O3S. The lowest BCUT2D eigenvalue weighted by Gasteiger charge is -2.06. The summed E-state index contributed by atoms with van der Waals surface area (Å²) in [6.45, 7) is 0.997. The fourth-order valence-electron chi connectivity index (χ4n) is 1.84. The number of methoxy groups -OCH3 is 1. The molecule has 0 unspecified atom stereocenters. The van der Waals surface area contributed by atoms with Gasteiger partial charge in [0.2, 0.25) is 0 Å². The van der Waals surface area contributed by atoms with Crippen molar-refractivity contribution < 1.29 is 14.6 Å². The van der Waals surface area contributed by atoms with Gasteiger partial charge in [0, 0.05) is 11.6 Å². The van der Waals surface area contributed by atoms with E-state index in [0.29, 0.717) is 13.2 Å². The van der Waals surface area contributed by atoms with Gasteiger partial charge < -0.3 is 9.84 Å². The number of rotatable bonds is 7. The molecule has 21 heavy (non-hydrogen) atoms. The van der Waals surface area contributed by atoms with Crippen molar-refractivity contribution in [3.05, 3.63) is 46.1 Å². The Labute approximate surface area is 135 Å². The van der Waals surface area contributed by atoms with Gasteiger partial charge in [-0.15, -0.1) is 0 Å². The van der Waals surface area contributed by atoms with E-state index in [-0.39, 0.29) is 5.75 Å². The summed E-state index contributed by atoms with van der Waals surface area (Å²) >= 11 is 4.70. The van der Waals surface area contributed by atoms with E-state index in [1.807, 2.05) is 35.0 Å². The lowest BCUT2D eigenvalue weighted by Crippen LogP contribution is -2.06. The van der Waals surface area contributed by atoms with Gasteiger partial charge in [0.1, 0.15) is 0 Å². The first-order valence-electron chi connectivity index (χ1n) is 6.23. The van der Waals surface area contributed by atoms with Crippen molar-refractivity contribution in [2.45, 2.75) is 18.2 Å². The van der Waals surface area contributed by atoms with E-state index >= 15 is 0 Å². The van der Waals surface area contributed by atoms with Crippen LogP contribution in [0.15, 0.2) is 39.8 Å². The summed E-state index contributed by atoms with van der Waals surface area (Å²) in [5.41, 5.74) is 1.88. The molecule has 1 N–H and O–H groups in total. The lowest BCUT2D eigenvalue weighted by atomic mass is 10.2. The number of thioether (sulfide) groups is 1. The zero-order valence-electron chi connectivity index (χ0n) is 11.5. The maximum Gasteiger partial charge on any atom is 0.313 e. The van der Waals surface area contributed by atoms with Gasteiger partial charge in [0.15, 0.2) is 0 Å². The van der Waals surface area contributed by atoms with Crippen molar-refractivity contribution in [1.29, 1.82) is 0 Å². The quantitative estimate of drug-likeness (QED) is 0.758. The molecule has 0 aliphatic heterocycles. The van der Waals surface area contributed by atoms with Crippen molar-refractivity contribution in [1.82, 2.24) is 9.78 Å². The zero-order valence-corrected chi connectivity index (χ0v) is 13.9. The molecule has 0 saturated carbocycles. The topological polar surface area (TPSA) is 64.3 Å². The first-order valence-corrected chi connectivity index (χ1v) is 8.01. The van der Waals surface area contributed by atoms with Gasteiger partial charge >= 0.3 is 5.97 Å². The Kier molecular flexibility index (Phi) is 5.84. The number of carboxylic acids is 1. The van der Waals surface area contributed by atoms with Gasteiger partial charge in [-0.05, 0) is 23.8 Å². The minimum absolute atomic E-state index is 0.0105. The van der Waals surface area contributed by atoms with E-state index in [9.17, 15) is 4.79 Å². The summed E-state index contributed by atoms with van der Waals surface area (Å²) in [7, 11) is 1.61. The molecule has 0 aliphatic carbocycles. The van der Waals surface area contributed by atoms with Crippen LogP contribution in [0.3, 0.4) is 0 Å². The number of halogens is 1. The molecule has 0 spiro atoms. The Balaban J connectivity index is 2.20. The van der Waals surface area contributed by atoms with E-state index in [1.54, 1.807) is 7.11 Å². The van der Waals surface area contributed by atoms with Gasteiger partial charge in [0.05, 0.1) is 29.6 Å². The highest BCUT2D eigenvalue weighted by Crippen LogP contribution is 2.22. The predicted octanol–water partition coefficient (Wildman–Crippen LogP) is 3.02. The first kappa shape index (κ1) is 16.1. The number of hydrogen-bond acceptors (Lipinski definition) is 4. The Hall–Kier alpha value is -1.31. The Morgan fingerprint density at radius 1 is 1.48 bits per heavy atom. The number of nitrogens with zero attached hydrogens (tertiary/aromatic N) is 2. The molecule has 0 bridgehead atoms. The van der Waals surface area contributed by atoms with Crippen molar-refractivity contribution >= 4 is 33.7 Å². The number of hydrogen-bond donors (Lipinski definition) is 1. The molecule has 2 rings (SSSR count). The number of ether oxygens (including phenoxy) is 1. The van der Waals surface area contributed by atoms with Crippen LogP contribution in [-0.2, 0) is 22.7 Å². The molecule has 0 amide bonds. The number of carboxylic acid groups (broad SMARTS) is 1. The summed E-state index contributed by atoms with van der Waals surface area (Å²) in [4.78, 5) is 10.7. The second-order valence-corrected chi connectivity index (χ2v) is 6.29. The largest absolute Gasteiger partial charge is 0.481 e. The van der Waals surface area contributed by atoms with Crippen LogP contribution < -0.4 is 0 Å². The molecular weight excluding hydrogens is 356 g/mol. The maximum absolute atomic E-state index is 10.7. The minimum atomic E-state index is -0.844. The van der Waals surface area contributed by atoms with E-state index in [0.717, 1.165) is 20.8 Å². The molecule has 0 radical (unpaired) electrons. The van der Waals surface area contributed by atoms with E-state index in [2.05, 4.69) is 21.0 Å². The Morgan fingerprint density at radius 3 is 2.95 bits per heavy atom. The number of benzene rings is 1. The average molecular weight is 371 g/mol. The van der Waals surface area contributed by atoms with E-state index in [4.69, 9.17) is 9.84 Å². The summed E-state index contributed by atoms with van der Waals surface area (Å²) in [6.07, 6.45) is 0. The molecule has 0 fully saturated rings. The molecule has 2 aromatic rings. The predicted molar refractivity (Wildman–Crippen MR) is 84.5 cm³/mol. The van der Waals surface area contributed by atoms with E-state index in [1.165, 1.54) is 11.8 Å². The van der Waals surface area contributed by atoms with Crippen LogP contribution in [0.5, 0.6) is 0 Å². The van der Waals surface area contributed by atoms with Crippen LogP contribution >= 0.6 is 27.7 Å². The summed E-state index contributed by atoms with van der Waals surface area (Å²) < 4.78 is 7.90. The highest BCUT2D eigenvalue weighted by molar-refractivity contribution is 9.10. The average Bonchev–Trinajstić information content (AvgIpc) is 2.79. The molecule has 0 atom stereocenters. The minimum Gasteiger partial charge on any atom is -0.481 e. The first-order chi connectivity index (χ1) is 10.1. The summed E-state index contributed by atoms with van der Waals surface area (Å²) in [6, 6.07) is 9.82. The maximum atomic E-state index is 10.7. The van der Waals surface area contributed by atoms with Gasteiger partial charge in [0.25, 0.3) is 0 Å². The van der Waals surface area contributed by atoms with Crippen LogP contribution in [0.1, 0.15) is 11.3 Å². The Morgan fingerprint density at radius 2 is 2.29 bits per heavy atom. The van der Waals surface area contributed by atoms with Crippen molar-refractivity contribution in [2.75, 3.05) is 12.9 Å². The third-order valence-electron chi connectivity index (χ3n) is 2.65. The summed E-state index contributed by atoms with van der Waals surface area (Å²) in [5.74, 6) is -0.833. The molecule has 1 aromatic carbocycles. The van der Waals surface area contributed by atoms with Gasteiger partial charge in [-0.2, -0.15) is 5.10 Å². The number of aromatic nitrogens is 2. The number of carbonyl (C=O) groups is 1. The highest BCUT2D eigenvalue weighted by Gasteiger charge is 2.11. The molecule has 1 aromatic heterocycles. The van der Waals surface area contributed by atoms with Crippen LogP contribution in [0, 0.1) is 0 Å². The molecule has 7 heteroatoms. The fourth-order valence-corrected chi connectivity index (χ4v) is 3.03. The van der Waals surface area contributed by atoms with Crippen molar-refractivity contribution in [3.8, 4) is 0 Å². The smallest absolute Gasteiger partial charge is 0.313 e. The van der Waals surface area contributed by atoms with Crippen molar-refractivity contribution in [3.63, 3.8) is 0 Å². The van der Waals surface area contributed by atoms with E-state index < -0.39 is 5.97 Å². The van der Waals surface area contributed by atoms with Gasteiger partial charge in [-0.3, -0.25) is 9.48 Å². The summed E-state index contributed by atoms with van der Waals surface area (Å²) in [5, 5.41) is 14.1. The molecule has 0 aliphatic rings. The monoisotopic (exact) mass is 370 g/mol. The van der Waals surface area contributed by atoms with Crippen LogP contribution in [-0.4, -0.2) is 33.7 Å². The third kappa shape index (κ3) is 4.87. The van der Waals surface area contributed by atoms with Crippen LogP contribution in [0.25, 0.3) is 0 Å².